The molecule has 0 radical (unpaired) electrons. The van der Waals surface area contributed by atoms with E-state index in [-0.39, 0.29) is 11.5 Å². The molecule has 33 heavy (non-hydrogen) atoms. The molecule has 2 heterocycles. The largest absolute Gasteiger partial charge is 0.489 e. The number of unbranched alkanes of at least 4 members (excludes halogenated alkanes) is 1. The molecule has 2 aromatic rings. The highest BCUT2D eigenvalue weighted by atomic mass is 16.5. The molecule has 0 saturated carbocycles. The zero-order valence-electron chi connectivity index (χ0n) is 17.7. The molecule has 2 aliphatic heterocycles. The smallest absolute Gasteiger partial charge is 0.349 e. The lowest BCUT2D eigenvalue weighted by Crippen LogP contribution is -2.30. The second-order valence-corrected chi connectivity index (χ2v) is 7.67. The minimum absolute atomic E-state index is 0.0577. The van der Waals surface area contributed by atoms with Crippen LogP contribution in [0.5, 0.6) is 5.75 Å². The summed E-state index contributed by atoms with van der Waals surface area (Å²) in [7, 11) is 0. The summed E-state index contributed by atoms with van der Waals surface area (Å²) in [4.78, 5) is 45.7. The SMILES string of the molecule is N[C@@H](CCCCn1c2nc(=O)[nH]c(=O)c-2nc2ccc(OCc3ccccc3)cc21)C(=O)O. The average molecular weight is 449 g/mol. The third-order valence-electron chi connectivity index (χ3n) is 5.29. The lowest BCUT2D eigenvalue weighted by atomic mass is 10.1. The molecular weight excluding hydrogens is 426 g/mol. The number of fused-ring (bicyclic) bond motifs is 2. The number of hydrogen-bond donors (Lipinski definition) is 3. The van der Waals surface area contributed by atoms with Crippen LogP contribution in [0.1, 0.15) is 24.8 Å². The zero-order valence-corrected chi connectivity index (χ0v) is 17.7. The van der Waals surface area contributed by atoms with E-state index in [9.17, 15) is 14.4 Å². The fraction of sp³-hybridized carbons (Fsp3) is 0.261. The van der Waals surface area contributed by atoms with Gasteiger partial charge in [-0.15, -0.1) is 0 Å². The van der Waals surface area contributed by atoms with Crippen molar-refractivity contribution in [1.82, 2.24) is 19.5 Å². The van der Waals surface area contributed by atoms with Crippen LogP contribution in [0.4, 0.5) is 0 Å². The lowest BCUT2D eigenvalue weighted by molar-refractivity contribution is -0.138. The standard InChI is InChI=1S/C23H23N5O5/c24-16(22(30)31)8-4-5-11-28-18-12-15(33-13-14-6-2-1-3-7-14)9-10-17(18)25-19-20(28)26-23(32)27-21(19)29/h1-3,6-7,9-10,12,16H,4-5,8,11,13,24H2,(H,30,31)(H,27,29,32)/t16-/m0/s1. The molecule has 0 bridgehead atoms. The van der Waals surface area contributed by atoms with E-state index in [4.69, 9.17) is 15.6 Å². The van der Waals surface area contributed by atoms with Crippen molar-refractivity contribution in [3.8, 4) is 17.3 Å². The fourth-order valence-electron chi connectivity index (χ4n) is 3.59. The zero-order chi connectivity index (χ0) is 23.4. The number of H-pyrrole nitrogens is 1. The van der Waals surface area contributed by atoms with Gasteiger partial charge in [0.05, 0.1) is 11.0 Å². The number of ether oxygens (including phenoxy) is 1. The van der Waals surface area contributed by atoms with Crippen molar-refractivity contribution < 1.29 is 14.6 Å². The third kappa shape index (κ3) is 5.07. The third-order valence-corrected chi connectivity index (χ3v) is 5.29. The van der Waals surface area contributed by atoms with Crippen molar-refractivity contribution in [3.63, 3.8) is 0 Å². The number of hydrogen-bond acceptors (Lipinski definition) is 7. The Labute approximate surface area is 188 Å². The molecule has 10 heteroatoms. The molecule has 0 saturated heterocycles. The Bertz CT molecular complexity index is 1370. The van der Waals surface area contributed by atoms with Crippen molar-refractivity contribution in [1.29, 1.82) is 0 Å². The van der Waals surface area contributed by atoms with Gasteiger partial charge in [0.15, 0.2) is 11.5 Å². The van der Waals surface area contributed by atoms with E-state index in [2.05, 4.69) is 15.0 Å². The number of carboxylic acid groups (broad SMARTS) is 1. The van der Waals surface area contributed by atoms with E-state index in [1.54, 1.807) is 22.8 Å². The van der Waals surface area contributed by atoms with Crippen molar-refractivity contribution in [2.45, 2.75) is 38.5 Å². The van der Waals surface area contributed by atoms with Crippen LogP contribution in [0.3, 0.4) is 0 Å². The van der Waals surface area contributed by atoms with E-state index < -0.39 is 23.3 Å². The van der Waals surface area contributed by atoms with Crippen molar-refractivity contribution >= 4 is 17.0 Å². The number of benzene rings is 2. The second-order valence-electron chi connectivity index (χ2n) is 7.67. The summed E-state index contributed by atoms with van der Waals surface area (Å²) in [6.45, 7) is 0.767. The average Bonchev–Trinajstić information content (AvgIpc) is 2.80. The number of aliphatic carboxylic acids is 1. The van der Waals surface area contributed by atoms with Gasteiger partial charge in [0, 0.05) is 12.6 Å². The molecule has 0 aromatic heterocycles. The molecule has 0 aliphatic carbocycles. The number of nitrogens with one attached hydrogen (secondary N) is 1. The van der Waals surface area contributed by atoms with Gasteiger partial charge in [-0.3, -0.25) is 14.6 Å². The lowest BCUT2D eigenvalue weighted by Gasteiger charge is -2.17. The first-order valence-corrected chi connectivity index (χ1v) is 10.5. The van der Waals surface area contributed by atoms with Crippen LogP contribution in [0.25, 0.3) is 22.6 Å². The molecular formula is C23H23N5O5. The molecule has 0 fully saturated rings. The van der Waals surface area contributed by atoms with E-state index in [0.29, 0.717) is 49.2 Å². The number of aromatic nitrogens is 4. The van der Waals surface area contributed by atoms with Crippen molar-refractivity contribution in [3.05, 3.63) is 74.9 Å². The number of nitrogens with zero attached hydrogens (tertiary/aromatic N) is 3. The summed E-state index contributed by atoms with van der Waals surface area (Å²) in [6, 6.07) is 14.1. The van der Waals surface area contributed by atoms with Crippen LogP contribution in [0.15, 0.2) is 58.1 Å². The van der Waals surface area contributed by atoms with Crippen molar-refractivity contribution in [2.24, 2.45) is 5.73 Å². The Hall–Kier alpha value is -4.05. The molecule has 2 aromatic carbocycles. The van der Waals surface area contributed by atoms with Gasteiger partial charge in [0.1, 0.15) is 18.4 Å². The van der Waals surface area contributed by atoms with E-state index >= 15 is 0 Å². The molecule has 170 valence electrons. The summed E-state index contributed by atoms with van der Waals surface area (Å²) < 4.78 is 7.67. The number of rotatable bonds is 9. The molecule has 4 rings (SSSR count). The second kappa shape index (κ2) is 9.61. The topological polar surface area (TPSA) is 153 Å². The van der Waals surface area contributed by atoms with Gasteiger partial charge in [-0.05, 0) is 37.0 Å². The van der Waals surface area contributed by atoms with Crippen LogP contribution < -0.4 is 21.7 Å². The highest BCUT2D eigenvalue weighted by Gasteiger charge is 2.19. The van der Waals surface area contributed by atoms with E-state index in [1.165, 1.54) is 0 Å². The van der Waals surface area contributed by atoms with Crippen LogP contribution in [-0.4, -0.2) is 36.6 Å². The normalized spacial score (nSPS) is 12.2. The molecule has 4 N–H and O–H groups in total. The van der Waals surface area contributed by atoms with Crippen molar-refractivity contribution in [2.75, 3.05) is 0 Å². The van der Waals surface area contributed by atoms with Gasteiger partial charge in [-0.2, -0.15) is 4.98 Å². The van der Waals surface area contributed by atoms with Crippen LogP contribution in [0.2, 0.25) is 0 Å². The molecule has 10 nitrogen and oxygen atoms in total. The summed E-state index contributed by atoms with van der Waals surface area (Å²) in [5.74, 6) is -0.285. The van der Waals surface area contributed by atoms with Gasteiger partial charge >= 0.3 is 11.7 Å². The first-order chi connectivity index (χ1) is 15.9. The Balaban J connectivity index is 1.69. The summed E-state index contributed by atoms with van der Waals surface area (Å²) in [5, 5.41) is 8.97. The Kier molecular flexibility index (Phi) is 6.45. The Morgan fingerprint density at radius 2 is 1.91 bits per heavy atom. The monoisotopic (exact) mass is 449 g/mol. The summed E-state index contributed by atoms with van der Waals surface area (Å²) >= 11 is 0. The molecule has 2 aliphatic rings. The molecule has 0 spiro atoms. The molecule has 0 unspecified atom stereocenters. The maximum Gasteiger partial charge on any atom is 0.349 e. The van der Waals surface area contributed by atoms with Crippen LogP contribution >= 0.6 is 0 Å². The predicted octanol–water partition coefficient (Wildman–Crippen LogP) is 1.75. The highest BCUT2D eigenvalue weighted by molar-refractivity contribution is 5.80. The molecule has 0 amide bonds. The predicted molar refractivity (Wildman–Crippen MR) is 121 cm³/mol. The van der Waals surface area contributed by atoms with Gasteiger partial charge in [0.2, 0.25) is 0 Å². The van der Waals surface area contributed by atoms with E-state index in [1.807, 2.05) is 30.3 Å². The van der Waals surface area contributed by atoms with E-state index in [0.717, 1.165) is 5.56 Å². The number of nitrogens with two attached hydrogens (primary N) is 1. The van der Waals surface area contributed by atoms with Gasteiger partial charge in [0.25, 0.3) is 5.56 Å². The Morgan fingerprint density at radius 3 is 2.67 bits per heavy atom. The first kappa shape index (κ1) is 22.2. The number of carboxylic acids is 1. The summed E-state index contributed by atoms with van der Waals surface area (Å²) in [5.41, 5.74) is 6.48. The Morgan fingerprint density at radius 1 is 1.12 bits per heavy atom. The number of carbonyl (C=O) groups is 1. The number of aromatic amines is 1. The van der Waals surface area contributed by atoms with Gasteiger partial charge in [-0.25, -0.2) is 9.78 Å². The maximum atomic E-state index is 12.3. The highest BCUT2D eigenvalue weighted by Crippen LogP contribution is 2.26. The minimum atomic E-state index is -1.05. The quantitative estimate of drug-likeness (QED) is 0.258. The van der Waals surface area contributed by atoms with Crippen LogP contribution in [-0.2, 0) is 17.9 Å². The minimum Gasteiger partial charge on any atom is -0.489 e. The first-order valence-electron chi connectivity index (χ1n) is 10.5. The van der Waals surface area contributed by atoms with Gasteiger partial charge in [-0.1, -0.05) is 30.3 Å². The molecule has 1 atom stereocenters. The van der Waals surface area contributed by atoms with Gasteiger partial charge < -0.3 is 20.1 Å². The number of aryl methyl sites for hydroxylation is 1. The summed E-state index contributed by atoms with van der Waals surface area (Å²) in [6.07, 6.45) is 1.42. The maximum absolute atomic E-state index is 12.3. The fourth-order valence-corrected chi connectivity index (χ4v) is 3.59. The van der Waals surface area contributed by atoms with Crippen LogP contribution in [0, 0.1) is 0 Å².